The Morgan fingerprint density at radius 1 is 1.37 bits per heavy atom. The van der Waals surface area contributed by atoms with Gasteiger partial charge in [0.25, 0.3) is 0 Å². The number of nitrogens with one attached hydrogen (secondary N) is 1. The number of hydrogen-bond acceptors (Lipinski definition) is 8. The van der Waals surface area contributed by atoms with Crippen molar-refractivity contribution < 1.29 is 9.53 Å². The van der Waals surface area contributed by atoms with Crippen LogP contribution in [-0.4, -0.2) is 32.7 Å². The third-order valence-corrected chi connectivity index (χ3v) is 2.23. The van der Waals surface area contributed by atoms with Crippen LogP contribution in [0, 0.1) is 0 Å². The highest BCUT2D eigenvalue weighted by Crippen LogP contribution is 2.16. The molecule has 0 radical (unpaired) electrons. The Morgan fingerprint density at radius 3 is 2.74 bits per heavy atom. The van der Waals surface area contributed by atoms with Crippen LogP contribution >= 0.6 is 0 Å². The maximum Gasteiger partial charge on any atom is 0.362 e. The lowest BCUT2D eigenvalue weighted by atomic mass is 10.2. The van der Waals surface area contributed by atoms with Gasteiger partial charge in [-0.3, -0.25) is 4.98 Å². The van der Waals surface area contributed by atoms with E-state index in [1.54, 1.807) is 31.5 Å². The van der Waals surface area contributed by atoms with Crippen LogP contribution in [0.15, 0.2) is 24.5 Å². The predicted octanol–water partition coefficient (Wildman–Crippen LogP) is 0.396. The molecular formula is C11H12N6O2. The molecule has 0 atom stereocenters. The lowest BCUT2D eigenvalue weighted by molar-refractivity contribution is 0.0519. The van der Waals surface area contributed by atoms with Gasteiger partial charge < -0.3 is 10.2 Å². The van der Waals surface area contributed by atoms with Crippen LogP contribution in [0.2, 0.25) is 0 Å². The topological polar surface area (TPSA) is 116 Å². The lowest BCUT2D eigenvalue weighted by Gasteiger charge is -2.07. The number of hydrogen-bond donors (Lipinski definition) is 2. The lowest BCUT2D eigenvalue weighted by Crippen LogP contribution is -2.18. The Bertz CT molecular complexity index is 575. The summed E-state index contributed by atoms with van der Waals surface area (Å²) in [7, 11) is 0. The molecule has 0 aromatic carbocycles. The minimum atomic E-state index is -0.628. The Hall–Kier alpha value is -2.61. The zero-order chi connectivity index (χ0) is 13.7. The summed E-state index contributed by atoms with van der Waals surface area (Å²) >= 11 is 0. The first-order chi connectivity index (χ1) is 9.26. The second-order valence-electron chi connectivity index (χ2n) is 3.43. The van der Waals surface area contributed by atoms with Crippen molar-refractivity contribution in [3.8, 4) is 11.4 Å². The number of carbonyl (C=O) groups is 1. The number of carbonyl (C=O) groups excluding carboxylic acids is 1. The number of hydrazine groups is 1. The first-order valence-corrected chi connectivity index (χ1v) is 5.55. The molecule has 0 aliphatic heterocycles. The second-order valence-corrected chi connectivity index (χ2v) is 3.43. The molecule has 3 N–H and O–H groups in total. The number of nitrogen functional groups attached to an aromatic ring is 1. The summed E-state index contributed by atoms with van der Waals surface area (Å²) in [5.74, 6) is 5.15. The van der Waals surface area contributed by atoms with Crippen LogP contribution in [0.1, 0.15) is 17.4 Å². The van der Waals surface area contributed by atoms with Crippen LogP contribution in [0.25, 0.3) is 11.4 Å². The fourth-order valence-electron chi connectivity index (χ4n) is 1.39. The number of nitrogens with two attached hydrogens (primary N) is 1. The summed E-state index contributed by atoms with van der Waals surface area (Å²) in [6.45, 7) is 1.93. The quantitative estimate of drug-likeness (QED) is 0.461. The molecule has 0 saturated carbocycles. The number of ether oxygens (including phenoxy) is 1. The molecule has 2 aromatic rings. The minimum Gasteiger partial charge on any atom is -0.461 e. The Labute approximate surface area is 109 Å². The van der Waals surface area contributed by atoms with Crippen molar-refractivity contribution in [2.24, 2.45) is 5.84 Å². The number of pyridine rings is 1. The maximum atomic E-state index is 11.6. The van der Waals surface area contributed by atoms with Gasteiger partial charge in [-0.15, -0.1) is 10.2 Å². The number of rotatable bonds is 4. The SMILES string of the molecule is CCOC(=O)c1nnc(-c2ccncc2)nc1NN. The van der Waals surface area contributed by atoms with E-state index >= 15 is 0 Å². The fraction of sp³-hybridized carbons (Fsp3) is 0.182. The molecule has 0 aliphatic rings. The largest absolute Gasteiger partial charge is 0.461 e. The number of anilines is 1. The van der Waals surface area contributed by atoms with Crippen LogP contribution in [0.5, 0.6) is 0 Å². The van der Waals surface area contributed by atoms with Gasteiger partial charge in [-0.2, -0.15) is 0 Å². The van der Waals surface area contributed by atoms with Crippen molar-refractivity contribution in [3.63, 3.8) is 0 Å². The molecule has 0 aliphatic carbocycles. The molecule has 19 heavy (non-hydrogen) atoms. The van der Waals surface area contributed by atoms with Gasteiger partial charge in [0.1, 0.15) is 0 Å². The summed E-state index contributed by atoms with van der Waals surface area (Å²) in [4.78, 5) is 19.6. The second kappa shape index (κ2) is 5.83. The molecule has 0 amide bonds. The highest BCUT2D eigenvalue weighted by molar-refractivity contribution is 5.92. The number of esters is 1. The van der Waals surface area contributed by atoms with Crippen molar-refractivity contribution in [3.05, 3.63) is 30.2 Å². The van der Waals surface area contributed by atoms with Crippen molar-refractivity contribution >= 4 is 11.8 Å². The Kier molecular flexibility index (Phi) is 3.94. The van der Waals surface area contributed by atoms with E-state index in [1.807, 2.05) is 0 Å². The first-order valence-electron chi connectivity index (χ1n) is 5.55. The molecule has 0 saturated heterocycles. The standard InChI is InChI=1S/C11H12N6O2/c1-2-19-11(18)8-10(15-12)14-9(17-16-8)7-3-5-13-6-4-7/h3-6H,2,12H2,1H3,(H,14,15,17). The Morgan fingerprint density at radius 2 is 2.11 bits per heavy atom. The molecule has 8 heteroatoms. The summed E-state index contributed by atoms with van der Waals surface area (Å²) < 4.78 is 4.83. The van der Waals surface area contributed by atoms with E-state index in [1.165, 1.54) is 0 Å². The van der Waals surface area contributed by atoms with Crippen LogP contribution < -0.4 is 11.3 Å². The van der Waals surface area contributed by atoms with Gasteiger partial charge in [0.2, 0.25) is 5.69 Å². The molecule has 8 nitrogen and oxygen atoms in total. The van der Waals surface area contributed by atoms with Crippen molar-refractivity contribution in [2.45, 2.75) is 6.92 Å². The van der Waals surface area contributed by atoms with E-state index in [9.17, 15) is 4.79 Å². The Balaban J connectivity index is 2.39. The van der Waals surface area contributed by atoms with Crippen molar-refractivity contribution in [1.29, 1.82) is 0 Å². The average Bonchev–Trinajstić information content (AvgIpc) is 2.47. The third-order valence-electron chi connectivity index (χ3n) is 2.23. The molecule has 2 rings (SSSR count). The van der Waals surface area contributed by atoms with Crippen LogP contribution in [0.4, 0.5) is 5.82 Å². The zero-order valence-corrected chi connectivity index (χ0v) is 10.2. The number of nitrogens with zero attached hydrogens (tertiary/aromatic N) is 4. The van der Waals surface area contributed by atoms with E-state index in [4.69, 9.17) is 10.6 Å². The van der Waals surface area contributed by atoms with Crippen LogP contribution in [-0.2, 0) is 4.74 Å². The molecule has 2 aromatic heterocycles. The monoisotopic (exact) mass is 260 g/mol. The van der Waals surface area contributed by atoms with Crippen molar-refractivity contribution in [2.75, 3.05) is 12.0 Å². The normalized spacial score (nSPS) is 10.0. The first kappa shape index (κ1) is 12.8. The molecule has 0 bridgehead atoms. The highest BCUT2D eigenvalue weighted by atomic mass is 16.5. The van der Waals surface area contributed by atoms with E-state index in [-0.39, 0.29) is 18.1 Å². The van der Waals surface area contributed by atoms with Gasteiger partial charge in [0.15, 0.2) is 11.6 Å². The summed E-state index contributed by atoms with van der Waals surface area (Å²) in [5.41, 5.74) is 2.98. The maximum absolute atomic E-state index is 11.6. The van der Waals surface area contributed by atoms with Gasteiger partial charge in [0.05, 0.1) is 6.61 Å². The third kappa shape index (κ3) is 2.80. The molecule has 0 unspecified atom stereocenters. The molecule has 2 heterocycles. The van der Waals surface area contributed by atoms with E-state index in [0.29, 0.717) is 5.82 Å². The smallest absolute Gasteiger partial charge is 0.362 e. The number of aromatic nitrogens is 4. The summed E-state index contributed by atoms with van der Waals surface area (Å²) in [6, 6.07) is 3.45. The van der Waals surface area contributed by atoms with Gasteiger partial charge in [-0.1, -0.05) is 0 Å². The fourth-order valence-corrected chi connectivity index (χ4v) is 1.39. The molecule has 98 valence electrons. The molecule has 0 fully saturated rings. The predicted molar refractivity (Wildman–Crippen MR) is 66.8 cm³/mol. The van der Waals surface area contributed by atoms with E-state index in [0.717, 1.165) is 5.56 Å². The van der Waals surface area contributed by atoms with Gasteiger partial charge in [0, 0.05) is 18.0 Å². The van der Waals surface area contributed by atoms with Gasteiger partial charge in [-0.05, 0) is 19.1 Å². The summed E-state index contributed by atoms with van der Waals surface area (Å²) in [6.07, 6.45) is 3.21. The van der Waals surface area contributed by atoms with Crippen LogP contribution in [0.3, 0.4) is 0 Å². The molecular weight excluding hydrogens is 248 g/mol. The van der Waals surface area contributed by atoms with Gasteiger partial charge in [-0.25, -0.2) is 15.6 Å². The van der Waals surface area contributed by atoms with E-state index < -0.39 is 5.97 Å². The summed E-state index contributed by atoms with van der Waals surface area (Å²) in [5, 5.41) is 7.67. The zero-order valence-electron chi connectivity index (χ0n) is 10.2. The van der Waals surface area contributed by atoms with Crippen molar-refractivity contribution in [1.82, 2.24) is 20.2 Å². The van der Waals surface area contributed by atoms with E-state index in [2.05, 4.69) is 25.6 Å². The minimum absolute atomic E-state index is 0.0536. The molecule has 0 spiro atoms. The average molecular weight is 260 g/mol. The highest BCUT2D eigenvalue weighted by Gasteiger charge is 2.17. The van der Waals surface area contributed by atoms with Gasteiger partial charge >= 0.3 is 5.97 Å².